The number of ether oxygens (including phenoxy) is 1. The first-order valence-corrected chi connectivity index (χ1v) is 10.9. The van der Waals surface area contributed by atoms with E-state index in [0.29, 0.717) is 45.3 Å². The topological polar surface area (TPSA) is 120 Å². The van der Waals surface area contributed by atoms with Crippen LogP contribution in [-0.4, -0.2) is 43.4 Å². The summed E-state index contributed by atoms with van der Waals surface area (Å²) in [6.45, 7) is 2.01. The van der Waals surface area contributed by atoms with Gasteiger partial charge in [0.15, 0.2) is 5.69 Å². The second kappa shape index (κ2) is 8.75. The number of fused-ring (bicyclic) bond motifs is 3. The molecule has 0 aliphatic rings. The maximum atomic E-state index is 14.7. The van der Waals surface area contributed by atoms with Gasteiger partial charge in [-0.05, 0) is 19.1 Å². The van der Waals surface area contributed by atoms with Crippen molar-refractivity contribution < 1.29 is 22.3 Å². The molecule has 4 N–H and O–H groups in total. The Morgan fingerprint density at radius 2 is 1.89 bits per heavy atom. The maximum absolute atomic E-state index is 14.7. The van der Waals surface area contributed by atoms with Crippen LogP contribution < -0.4 is 15.8 Å². The number of rotatable bonds is 6. The van der Waals surface area contributed by atoms with Crippen LogP contribution in [0, 0.1) is 5.82 Å². The van der Waals surface area contributed by atoms with Crippen molar-refractivity contribution in [2.75, 3.05) is 19.0 Å². The number of aromatic nitrogens is 6. The smallest absolute Gasteiger partial charge is 0.435 e. The second-order valence-electron chi connectivity index (χ2n) is 7.88. The lowest BCUT2D eigenvalue weighted by Crippen LogP contribution is -2.11. The van der Waals surface area contributed by atoms with Gasteiger partial charge in [0.2, 0.25) is 0 Å². The molecular weight excluding hydrogens is 480 g/mol. The molecule has 13 heteroatoms. The lowest BCUT2D eigenvalue weighted by molar-refractivity contribution is -0.141. The maximum Gasteiger partial charge on any atom is 0.435 e. The van der Waals surface area contributed by atoms with Crippen molar-refractivity contribution >= 4 is 27.6 Å². The molecule has 0 fully saturated rings. The summed E-state index contributed by atoms with van der Waals surface area (Å²) in [6, 6.07) is 2.75. The van der Waals surface area contributed by atoms with Crippen LogP contribution >= 0.6 is 0 Å². The van der Waals surface area contributed by atoms with E-state index in [-0.39, 0.29) is 23.8 Å². The second-order valence-corrected chi connectivity index (χ2v) is 7.88. The fourth-order valence-electron chi connectivity index (χ4n) is 4.16. The lowest BCUT2D eigenvalue weighted by Gasteiger charge is -2.12. The molecule has 9 nitrogen and oxygen atoms in total. The normalized spacial score (nSPS) is 12.0. The zero-order chi connectivity index (χ0) is 25.6. The van der Waals surface area contributed by atoms with Crippen molar-refractivity contribution in [3.63, 3.8) is 0 Å². The number of nitrogens with zero attached hydrogens (tertiary/aromatic N) is 5. The third-order valence-corrected chi connectivity index (χ3v) is 5.66. The van der Waals surface area contributed by atoms with E-state index < -0.39 is 17.7 Å². The van der Waals surface area contributed by atoms with E-state index in [4.69, 9.17) is 10.5 Å². The summed E-state index contributed by atoms with van der Waals surface area (Å²) in [6.07, 6.45) is 0.874. The summed E-state index contributed by atoms with van der Waals surface area (Å²) in [4.78, 5) is 15.8. The number of anilines is 1. The summed E-state index contributed by atoms with van der Waals surface area (Å²) < 4.78 is 61.9. The van der Waals surface area contributed by atoms with E-state index in [2.05, 4.69) is 30.4 Å². The van der Waals surface area contributed by atoms with E-state index >= 15 is 0 Å². The molecule has 0 bridgehead atoms. The van der Waals surface area contributed by atoms with Gasteiger partial charge in [-0.2, -0.15) is 18.3 Å². The Morgan fingerprint density at radius 1 is 1.14 bits per heavy atom. The van der Waals surface area contributed by atoms with Crippen molar-refractivity contribution in [3.05, 3.63) is 54.0 Å². The number of H-pyrrole nitrogens is 1. The minimum absolute atomic E-state index is 0.114. The number of benzene rings is 1. The SMILES string of the molecule is CCNc1cc(F)cc2c1[nH]c1ncc(-c3cnc(OC)nc3)c(-n3cc(CN)c(C(F)(F)F)n3)c12. The fraction of sp³-hybridized carbons (Fsp3) is 0.217. The predicted molar refractivity (Wildman–Crippen MR) is 125 cm³/mol. The molecule has 0 saturated heterocycles. The largest absolute Gasteiger partial charge is 0.467 e. The van der Waals surface area contributed by atoms with E-state index in [1.54, 1.807) is 0 Å². The number of pyridine rings is 1. The highest BCUT2D eigenvalue weighted by Crippen LogP contribution is 2.40. The third-order valence-electron chi connectivity index (χ3n) is 5.66. The van der Waals surface area contributed by atoms with Gasteiger partial charge in [0.25, 0.3) is 0 Å². The van der Waals surface area contributed by atoms with Crippen LogP contribution in [-0.2, 0) is 12.7 Å². The summed E-state index contributed by atoms with van der Waals surface area (Å²) in [5.74, 6) is -0.525. The summed E-state index contributed by atoms with van der Waals surface area (Å²) in [5, 5.41) is 7.73. The van der Waals surface area contributed by atoms with Gasteiger partial charge >= 0.3 is 12.2 Å². The highest BCUT2D eigenvalue weighted by molar-refractivity contribution is 6.15. The number of hydrogen-bond donors (Lipinski definition) is 3. The lowest BCUT2D eigenvalue weighted by atomic mass is 10.0. The summed E-state index contributed by atoms with van der Waals surface area (Å²) in [7, 11) is 1.41. The van der Waals surface area contributed by atoms with Crippen LogP contribution in [0.15, 0.2) is 36.9 Å². The summed E-state index contributed by atoms with van der Waals surface area (Å²) in [5.41, 5.74) is 6.74. The molecule has 4 heterocycles. The van der Waals surface area contributed by atoms with Crippen molar-refractivity contribution in [1.82, 2.24) is 29.7 Å². The molecule has 0 aliphatic carbocycles. The number of methoxy groups -OCH3 is 1. The number of nitrogens with one attached hydrogen (secondary N) is 2. The third kappa shape index (κ3) is 3.86. The summed E-state index contributed by atoms with van der Waals surface area (Å²) >= 11 is 0. The van der Waals surface area contributed by atoms with E-state index in [1.165, 1.54) is 44.0 Å². The van der Waals surface area contributed by atoms with Gasteiger partial charge in [0, 0.05) is 60.0 Å². The van der Waals surface area contributed by atoms with Gasteiger partial charge in [0.05, 0.1) is 29.4 Å². The zero-order valence-corrected chi connectivity index (χ0v) is 19.1. The minimum Gasteiger partial charge on any atom is -0.467 e. The zero-order valence-electron chi connectivity index (χ0n) is 19.1. The molecule has 1 aromatic carbocycles. The molecule has 0 aliphatic heterocycles. The molecule has 0 amide bonds. The highest BCUT2D eigenvalue weighted by atomic mass is 19.4. The molecule has 36 heavy (non-hydrogen) atoms. The van der Waals surface area contributed by atoms with E-state index in [1.807, 2.05) is 6.92 Å². The number of aromatic amines is 1. The Morgan fingerprint density at radius 3 is 2.50 bits per heavy atom. The van der Waals surface area contributed by atoms with Crippen molar-refractivity contribution in [2.45, 2.75) is 19.6 Å². The Bertz CT molecular complexity index is 1570. The molecule has 186 valence electrons. The molecule has 0 atom stereocenters. The Kier molecular flexibility index (Phi) is 5.71. The average molecular weight is 500 g/mol. The molecule has 0 radical (unpaired) electrons. The first kappa shape index (κ1) is 23.5. The van der Waals surface area contributed by atoms with Gasteiger partial charge in [-0.1, -0.05) is 0 Å². The molecule has 0 spiro atoms. The van der Waals surface area contributed by atoms with Crippen LogP contribution in [0.3, 0.4) is 0 Å². The van der Waals surface area contributed by atoms with Crippen LogP contribution in [0.1, 0.15) is 18.2 Å². The van der Waals surface area contributed by atoms with Crippen LogP contribution in [0.5, 0.6) is 6.01 Å². The minimum atomic E-state index is -4.72. The Balaban J connectivity index is 1.90. The van der Waals surface area contributed by atoms with Crippen molar-refractivity contribution in [3.8, 4) is 22.8 Å². The van der Waals surface area contributed by atoms with Crippen molar-refractivity contribution in [2.24, 2.45) is 5.73 Å². The number of halogens is 4. The van der Waals surface area contributed by atoms with E-state index in [9.17, 15) is 17.6 Å². The van der Waals surface area contributed by atoms with Crippen LogP contribution in [0.25, 0.3) is 38.8 Å². The van der Waals surface area contributed by atoms with E-state index in [0.717, 1.165) is 4.68 Å². The molecular formula is C23H20F4N8O. The van der Waals surface area contributed by atoms with Crippen LogP contribution in [0.2, 0.25) is 0 Å². The van der Waals surface area contributed by atoms with Gasteiger partial charge in [0.1, 0.15) is 11.5 Å². The Hall–Kier alpha value is -4.26. The first-order valence-electron chi connectivity index (χ1n) is 10.9. The fourth-order valence-corrected chi connectivity index (χ4v) is 4.16. The monoisotopic (exact) mass is 500 g/mol. The van der Waals surface area contributed by atoms with Gasteiger partial charge in [-0.15, -0.1) is 0 Å². The predicted octanol–water partition coefficient (Wildman–Crippen LogP) is 4.42. The number of nitrogens with two attached hydrogens (primary N) is 1. The molecule has 0 unspecified atom stereocenters. The number of hydrogen-bond acceptors (Lipinski definition) is 7. The number of alkyl halides is 3. The molecule has 4 aromatic heterocycles. The average Bonchev–Trinajstić information content (AvgIpc) is 3.46. The standard InChI is InChI=1S/C23H20F4N8O/c1-3-29-16-5-13(24)4-14-17-19(35-10-11(6-28)20(34-35)23(25,26)27)15(9-30-21(17)33-18(14)16)12-7-31-22(36-2)32-8-12/h4-5,7-10,29H,3,6,28H2,1-2H3,(H,30,33). The highest BCUT2D eigenvalue weighted by Gasteiger charge is 2.37. The quantitative estimate of drug-likeness (QED) is 0.295. The molecule has 0 saturated carbocycles. The van der Waals surface area contributed by atoms with Gasteiger partial charge < -0.3 is 20.8 Å². The van der Waals surface area contributed by atoms with Gasteiger partial charge in [-0.3, -0.25) is 0 Å². The van der Waals surface area contributed by atoms with Crippen LogP contribution in [0.4, 0.5) is 23.2 Å². The first-order chi connectivity index (χ1) is 17.2. The van der Waals surface area contributed by atoms with Gasteiger partial charge in [-0.25, -0.2) is 24.0 Å². The Labute approximate surface area is 201 Å². The molecule has 5 aromatic rings. The van der Waals surface area contributed by atoms with Crippen molar-refractivity contribution in [1.29, 1.82) is 0 Å². The molecule has 5 rings (SSSR count).